The van der Waals surface area contributed by atoms with E-state index in [4.69, 9.17) is 4.74 Å². The second-order valence-electron chi connectivity index (χ2n) is 5.83. The summed E-state index contributed by atoms with van der Waals surface area (Å²) in [5, 5.41) is 15.8. The van der Waals surface area contributed by atoms with Crippen LogP contribution in [0.25, 0.3) is 0 Å². The maximum absolute atomic E-state index is 12.3. The molecular formula is C18H18N4O5. The molecular weight excluding hydrogens is 352 g/mol. The molecule has 1 saturated heterocycles. The summed E-state index contributed by atoms with van der Waals surface area (Å²) in [6.07, 6.45) is 0. The van der Waals surface area contributed by atoms with E-state index in [0.29, 0.717) is 32.0 Å². The van der Waals surface area contributed by atoms with Crippen molar-refractivity contribution in [1.82, 2.24) is 0 Å². The lowest BCUT2D eigenvalue weighted by atomic mass is 10.2. The van der Waals surface area contributed by atoms with Crippen molar-refractivity contribution in [2.75, 3.05) is 41.8 Å². The van der Waals surface area contributed by atoms with E-state index >= 15 is 0 Å². The van der Waals surface area contributed by atoms with E-state index in [1.807, 2.05) is 12.1 Å². The van der Waals surface area contributed by atoms with E-state index in [9.17, 15) is 19.7 Å². The normalized spacial score (nSPS) is 13.7. The van der Waals surface area contributed by atoms with Gasteiger partial charge < -0.3 is 20.3 Å². The van der Waals surface area contributed by atoms with Crippen LogP contribution in [0, 0.1) is 10.1 Å². The van der Waals surface area contributed by atoms with Crippen molar-refractivity contribution in [2.45, 2.75) is 0 Å². The van der Waals surface area contributed by atoms with Gasteiger partial charge in [-0.05, 0) is 18.2 Å². The molecule has 3 rings (SSSR count). The van der Waals surface area contributed by atoms with Crippen LogP contribution in [0.1, 0.15) is 0 Å². The van der Waals surface area contributed by atoms with Crippen LogP contribution in [0.3, 0.4) is 0 Å². The molecule has 27 heavy (non-hydrogen) atoms. The Labute approximate surface area is 155 Å². The standard InChI is InChI=1S/C18H18N4O5/c23-17(19-13-4-3-5-14(12-13)22(25)26)18(24)20-15-6-1-2-7-16(15)21-8-10-27-11-9-21/h1-7,12H,8-11H2,(H,19,23)(H,20,24). The van der Waals surface area contributed by atoms with Gasteiger partial charge in [-0.2, -0.15) is 0 Å². The van der Waals surface area contributed by atoms with Crippen LogP contribution in [0.4, 0.5) is 22.7 Å². The number of nitro benzene ring substituents is 1. The first-order chi connectivity index (χ1) is 13.0. The van der Waals surface area contributed by atoms with Gasteiger partial charge in [0.05, 0.1) is 29.5 Å². The third-order valence-electron chi connectivity index (χ3n) is 4.03. The number of non-ortho nitro benzene ring substituents is 1. The first kappa shape index (κ1) is 18.3. The molecule has 0 aromatic heterocycles. The largest absolute Gasteiger partial charge is 0.378 e. The fourth-order valence-corrected chi connectivity index (χ4v) is 2.72. The van der Waals surface area contributed by atoms with Gasteiger partial charge in [-0.1, -0.05) is 18.2 Å². The lowest BCUT2D eigenvalue weighted by Gasteiger charge is -2.30. The number of hydrogen-bond acceptors (Lipinski definition) is 6. The highest BCUT2D eigenvalue weighted by atomic mass is 16.6. The van der Waals surface area contributed by atoms with Gasteiger partial charge in [0.1, 0.15) is 0 Å². The zero-order valence-corrected chi connectivity index (χ0v) is 14.4. The molecule has 1 aliphatic rings. The Morgan fingerprint density at radius 2 is 1.70 bits per heavy atom. The molecule has 1 fully saturated rings. The molecule has 0 spiro atoms. The zero-order chi connectivity index (χ0) is 19.2. The van der Waals surface area contributed by atoms with E-state index < -0.39 is 16.7 Å². The molecule has 0 radical (unpaired) electrons. The Bertz CT molecular complexity index is 864. The van der Waals surface area contributed by atoms with Crippen molar-refractivity contribution >= 4 is 34.6 Å². The summed E-state index contributed by atoms with van der Waals surface area (Å²) in [6, 6.07) is 12.6. The predicted octanol–water partition coefficient (Wildman–Crippen LogP) is 2.01. The van der Waals surface area contributed by atoms with E-state index in [1.54, 1.807) is 12.1 Å². The lowest BCUT2D eigenvalue weighted by Crippen LogP contribution is -2.37. The van der Waals surface area contributed by atoms with Crippen molar-refractivity contribution in [3.63, 3.8) is 0 Å². The molecule has 0 atom stereocenters. The number of benzene rings is 2. The number of rotatable bonds is 4. The van der Waals surface area contributed by atoms with Gasteiger partial charge in [-0.25, -0.2) is 0 Å². The molecule has 2 N–H and O–H groups in total. The molecule has 0 unspecified atom stereocenters. The molecule has 1 aliphatic heterocycles. The van der Waals surface area contributed by atoms with E-state index in [1.165, 1.54) is 24.3 Å². The highest BCUT2D eigenvalue weighted by molar-refractivity contribution is 6.43. The summed E-state index contributed by atoms with van der Waals surface area (Å²) in [5.41, 5.74) is 1.31. The van der Waals surface area contributed by atoms with Crippen LogP contribution >= 0.6 is 0 Å². The molecule has 2 aromatic carbocycles. The number of morpholine rings is 1. The molecule has 9 nitrogen and oxygen atoms in total. The Kier molecular flexibility index (Phi) is 5.62. The second-order valence-corrected chi connectivity index (χ2v) is 5.83. The van der Waals surface area contributed by atoms with Crippen LogP contribution in [-0.2, 0) is 14.3 Å². The van der Waals surface area contributed by atoms with Gasteiger partial charge >= 0.3 is 11.8 Å². The zero-order valence-electron chi connectivity index (χ0n) is 14.4. The molecule has 1 heterocycles. The number of nitrogens with one attached hydrogen (secondary N) is 2. The number of ether oxygens (including phenoxy) is 1. The van der Waals surface area contributed by atoms with Crippen LogP contribution in [0.15, 0.2) is 48.5 Å². The number of para-hydroxylation sites is 2. The van der Waals surface area contributed by atoms with Crippen molar-refractivity contribution in [3.05, 3.63) is 58.6 Å². The van der Waals surface area contributed by atoms with Crippen molar-refractivity contribution in [2.24, 2.45) is 0 Å². The van der Waals surface area contributed by atoms with Crippen molar-refractivity contribution < 1.29 is 19.2 Å². The van der Waals surface area contributed by atoms with E-state index in [-0.39, 0.29) is 11.4 Å². The minimum absolute atomic E-state index is 0.172. The number of nitrogens with zero attached hydrogens (tertiary/aromatic N) is 2. The fourth-order valence-electron chi connectivity index (χ4n) is 2.72. The Balaban J connectivity index is 1.69. The molecule has 0 saturated carbocycles. The molecule has 9 heteroatoms. The van der Waals surface area contributed by atoms with Gasteiger partial charge in [0.2, 0.25) is 0 Å². The minimum Gasteiger partial charge on any atom is -0.378 e. The Morgan fingerprint density at radius 3 is 2.44 bits per heavy atom. The van der Waals surface area contributed by atoms with Gasteiger partial charge in [-0.15, -0.1) is 0 Å². The lowest BCUT2D eigenvalue weighted by molar-refractivity contribution is -0.384. The molecule has 140 valence electrons. The number of amides is 2. The third kappa shape index (κ3) is 4.59. The van der Waals surface area contributed by atoms with Crippen molar-refractivity contribution in [3.8, 4) is 0 Å². The summed E-state index contributed by atoms with van der Waals surface area (Å²) in [4.78, 5) is 36.7. The van der Waals surface area contributed by atoms with E-state index in [0.717, 1.165) is 5.69 Å². The average molecular weight is 370 g/mol. The second kappa shape index (κ2) is 8.28. The van der Waals surface area contributed by atoms with Crippen LogP contribution < -0.4 is 15.5 Å². The van der Waals surface area contributed by atoms with Gasteiger partial charge in [0.25, 0.3) is 5.69 Å². The predicted molar refractivity (Wildman–Crippen MR) is 99.8 cm³/mol. The quantitative estimate of drug-likeness (QED) is 0.483. The van der Waals surface area contributed by atoms with Crippen LogP contribution in [0.5, 0.6) is 0 Å². The number of carbonyl (C=O) groups is 2. The first-order valence-corrected chi connectivity index (χ1v) is 8.33. The first-order valence-electron chi connectivity index (χ1n) is 8.33. The van der Waals surface area contributed by atoms with Gasteiger partial charge in [0, 0.05) is 30.9 Å². The molecule has 2 aromatic rings. The Morgan fingerprint density at radius 1 is 1.00 bits per heavy atom. The Hall–Kier alpha value is -3.46. The SMILES string of the molecule is O=C(Nc1cccc([N+](=O)[O-])c1)C(=O)Nc1ccccc1N1CCOCC1. The molecule has 2 amide bonds. The maximum Gasteiger partial charge on any atom is 0.314 e. The summed E-state index contributed by atoms with van der Waals surface area (Å²) >= 11 is 0. The summed E-state index contributed by atoms with van der Waals surface area (Å²) < 4.78 is 5.33. The van der Waals surface area contributed by atoms with E-state index in [2.05, 4.69) is 15.5 Å². The van der Waals surface area contributed by atoms with Gasteiger partial charge in [0.15, 0.2) is 0 Å². The summed E-state index contributed by atoms with van der Waals surface area (Å²) in [5.74, 6) is -1.77. The van der Waals surface area contributed by atoms with Crippen molar-refractivity contribution in [1.29, 1.82) is 0 Å². The smallest absolute Gasteiger partial charge is 0.314 e. The highest BCUT2D eigenvalue weighted by Crippen LogP contribution is 2.26. The van der Waals surface area contributed by atoms with Crippen LogP contribution in [0.2, 0.25) is 0 Å². The summed E-state index contributed by atoms with van der Waals surface area (Å²) in [6.45, 7) is 2.56. The fraction of sp³-hybridized carbons (Fsp3) is 0.222. The third-order valence-corrected chi connectivity index (χ3v) is 4.03. The number of anilines is 3. The van der Waals surface area contributed by atoms with Crippen LogP contribution in [-0.4, -0.2) is 43.0 Å². The number of hydrogen-bond donors (Lipinski definition) is 2. The monoisotopic (exact) mass is 370 g/mol. The van der Waals surface area contributed by atoms with Gasteiger partial charge in [-0.3, -0.25) is 19.7 Å². The number of nitro groups is 1. The average Bonchev–Trinajstić information content (AvgIpc) is 2.69. The minimum atomic E-state index is -0.910. The topological polar surface area (TPSA) is 114 Å². The summed E-state index contributed by atoms with van der Waals surface area (Å²) in [7, 11) is 0. The maximum atomic E-state index is 12.3. The molecule has 0 bridgehead atoms. The molecule has 0 aliphatic carbocycles. The highest BCUT2D eigenvalue weighted by Gasteiger charge is 2.19. The number of carbonyl (C=O) groups excluding carboxylic acids is 2.